The average Bonchev–Trinajstić information content (AvgIpc) is 3.73. The second-order valence-electron chi connectivity index (χ2n) is 9.71. The monoisotopic (exact) mass is 538 g/mol. The Morgan fingerprint density at radius 2 is 1.90 bits per heavy atom. The first-order valence-corrected chi connectivity index (χ1v) is 13.7. The Labute approximate surface area is 226 Å². The number of hydrogen-bond acceptors (Lipinski definition) is 7. The fraction of sp³-hybridized carbons (Fsp3) is 0.214. The lowest BCUT2D eigenvalue weighted by molar-refractivity contribution is -0.120. The van der Waals surface area contributed by atoms with Gasteiger partial charge < -0.3 is 10.3 Å². The van der Waals surface area contributed by atoms with Crippen molar-refractivity contribution in [1.82, 2.24) is 35.1 Å². The Bertz CT molecular complexity index is 1820. The highest BCUT2D eigenvalue weighted by Gasteiger charge is 2.23. The molecule has 3 N–H and O–H groups in total. The van der Waals surface area contributed by atoms with Gasteiger partial charge in [0.2, 0.25) is 5.91 Å². The average molecular weight is 539 g/mol. The first kappa shape index (κ1) is 23.6. The van der Waals surface area contributed by atoms with Gasteiger partial charge >= 0.3 is 0 Å². The van der Waals surface area contributed by atoms with Gasteiger partial charge in [-0.2, -0.15) is 5.10 Å². The number of H-pyrrole nitrogens is 2. The largest absolute Gasteiger partial charge is 0.335 e. The number of anilines is 1. The first-order chi connectivity index (χ1) is 19.2. The quantitative estimate of drug-likeness (QED) is 0.235. The zero-order valence-corrected chi connectivity index (χ0v) is 21.6. The molecule has 6 aromatic heterocycles. The Balaban J connectivity index is 1.26. The summed E-state index contributed by atoms with van der Waals surface area (Å²) < 4.78 is 16.1. The third kappa shape index (κ3) is 4.24. The summed E-state index contributed by atoms with van der Waals surface area (Å²) in [6.45, 7) is 0. The number of aromatic nitrogens is 7. The predicted octanol–water partition coefficient (Wildman–Crippen LogP) is 6.34. The van der Waals surface area contributed by atoms with E-state index < -0.39 is 5.82 Å². The van der Waals surface area contributed by atoms with Crippen molar-refractivity contribution in [3.63, 3.8) is 0 Å². The van der Waals surface area contributed by atoms with E-state index in [0.29, 0.717) is 28.3 Å². The maximum absolute atomic E-state index is 16.1. The maximum atomic E-state index is 16.1. The Morgan fingerprint density at radius 3 is 2.74 bits per heavy atom. The molecule has 1 fully saturated rings. The molecule has 1 saturated carbocycles. The number of halogens is 1. The molecule has 0 saturated heterocycles. The lowest BCUT2D eigenvalue weighted by Gasteiger charge is -2.20. The van der Waals surface area contributed by atoms with E-state index in [-0.39, 0.29) is 22.9 Å². The molecule has 1 aliphatic rings. The molecule has 0 spiro atoms. The van der Waals surface area contributed by atoms with Crippen LogP contribution in [-0.4, -0.2) is 41.0 Å². The fourth-order valence-corrected chi connectivity index (χ4v) is 5.99. The van der Waals surface area contributed by atoms with Crippen LogP contribution < -0.4 is 5.32 Å². The van der Waals surface area contributed by atoms with Gasteiger partial charge in [0.05, 0.1) is 40.7 Å². The van der Waals surface area contributed by atoms with Crippen LogP contribution in [0.5, 0.6) is 0 Å². The van der Waals surface area contributed by atoms with Crippen LogP contribution in [0.4, 0.5) is 10.1 Å². The standard InChI is InChI=1S/C28H23FN8OS/c29-23-22-19(14-32-24(23)16-9-17(11-30-10-16)33-28(38)15-5-2-1-3-6-15)36-37-26(22)27-34-20-13-31-12-18(25(20)35-27)21-7-4-8-39-21/h4,7-15H,1-3,5-6H2,(H,33,38)(H,34,35)(H,36,37). The van der Waals surface area contributed by atoms with Gasteiger partial charge in [0.25, 0.3) is 0 Å². The van der Waals surface area contributed by atoms with Crippen molar-refractivity contribution in [2.75, 3.05) is 5.32 Å². The summed E-state index contributed by atoms with van der Waals surface area (Å²) in [5.74, 6) is -0.145. The van der Waals surface area contributed by atoms with E-state index in [1.54, 1.807) is 42.2 Å². The Kier molecular flexibility index (Phi) is 5.85. The smallest absolute Gasteiger partial charge is 0.227 e. The number of thiophene rings is 1. The molecule has 9 nitrogen and oxygen atoms in total. The summed E-state index contributed by atoms with van der Waals surface area (Å²) in [4.78, 5) is 34.7. The van der Waals surface area contributed by atoms with Gasteiger partial charge in [-0.3, -0.25) is 24.8 Å². The van der Waals surface area contributed by atoms with Crippen molar-refractivity contribution in [1.29, 1.82) is 0 Å². The van der Waals surface area contributed by atoms with Crippen molar-refractivity contribution in [2.45, 2.75) is 32.1 Å². The van der Waals surface area contributed by atoms with E-state index in [4.69, 9.17) is 4.98 Å². The van der Waals surface area contributed by atoms with Crippen LogP contribution in [0.25, 0.3) is 55.2 Å². The highest BCUT2D eigenvalue weighted by molar-refractivity contribution is 7.13. The summed E-state index contributed by atoms with van der Waals surface area (Å²) in [5.41, 5.74) is 4.23. The van der Waals surface area contributed by atoms with Crippen molar-refractivity contribution in [2.24, 2.45) is 5.92 Å². The molecule has 7 rings (SSSR count). The van der Waals surface area contributed by atoms with E-state index in [0.717, 1.165) is 47.2 Å². The number of pyridine rings is 3. The number of rotatable bonds is 5. The van der Waals surface area contributed by atoms with Gasteiger partial charge in [0.1, 0.15) is 16.9 Å². The predicted molar refractivity (Wildman–Crippen MR) is 148 cm³/mol. The normalized spacial score (nSPS) is 14.3. The number of aromatic amines is 2. The topological polar surface area (TPSA) is 125 Å². The molecule has 11 heteroatoms. The number of nitrogens with zero attached hydrogens (tertiary/aromatic N) is 5. The molecule has 6 heterocycles. The fourth-order valence-electron chi connectivity index (χ4n) is 5.25. The molecule has 6 aromatic rings. The van der Waals surface area contributed by atoms with Crippen LogP contribution >= 0.6 is 11.3 Å². The van der Waals surface area contributed by atoms with E-state index in [2.05, 4.69) is 35.5 Å². The number of amides is 1. The summed E-state index contributed by atoms with van der Waals surface area (Å²) in [6.07, 6.45) is 13.2. The number of hydrogen-bond donors (Lipinski definition) is 3. The lowest BCUT2D eigenvalue weighted by atomic mass is 9.88. The van der Waals surface area contributed by atoms with Gasteiger partial charge in [0, 0.05) is 34.3 Å². The minimum atomic E-state index is -0.550. The van der Waals surface area contributed by atoms with Crippen molar-refractivity contribution >= 4 is 44.9 Å². The van der Waals surface area contributed by atoms with Gasteiger partial charge in [-0.15, -0.1) is 11.3 Å². The van der Waals surface area contributed by atoms with E-state index in [9.17, 15) is 4.79 Å². The van der Waals surface area contributed by atoms with Crippen LogP contribution in [0.3, 0.4) is 0 Å². The molecule has 0 aromatic carbocycles. The second-order valence-corrected chi connectivity index (χ2v) is 10.7. The summed E-state index contributed by atoms with van der Waals surface area (Å²) >= 11 is 1.60. The molecule has 1 amide bonds. The highest BCUT2D eigenvalue weighted by atomic mass is 32.1. The lowest BCUT2D eigenvalue weighted by Crippen LogP contribution is -2.24. The van der Waals surface area contributed by atoms with Crippen LogP contribution in [0.1, 0.15) is 32.1 Å². The number of carbonyl (C=O) groups excluding carboxylic acids is 1. The van der Waals surface area contributed by atoms with Crippen molar-refractivity contribution < 1.29 is 9.18 Å². The Morgan fingerprint density at radius 1 is 1.03 bits per heavy atom. The number of imidazole rings is 1. The van der Waals surface area contributed by atoms with Crippen LogP contribution in [0, 0.1) is 11.7 Å². The molecule has 194 valence electrons. The molecule has 1 aliphatic carbocycles. The third-order valence-corrected chi connectivity index (χ3v) is 8.11. The summed E-state index contributed by atoms with van der Waals surface area (Å²) in [6, 6.07) is 5.68. The van der Waals surface area contributed by atoms with Gasteiger partial charge in [-0.05, 0) is 30.4 Å². The minimum Gasteiger partial charge on any atom is -0.335 e. The number of nitrogens with one attached hydrogen (secondary N) is 3. The van der Waals surface area contributed by atoms with Gasteiger partial charge in [-0.25, -0.2) is 9.37 Å². The van der Waals surface area contributed by atoms with Crippen LogP contribution in [-0.2, 0) is 4.79 Å². The molecular weight excluding hydrogens is 515 g/mol. The van der Waals surface area contributed by atoms with E-state index in [1.807, 2.05) is 17.5 Å². The van der Waals surface area contributed by atoms with E-state index >= 15 is 4.39 Å². The zero-order valence-electron chi connectivity index (χ0n) is 20.7. The maximum Gasteiger partial charge on any atom is 0.227 e. The second kappa shape index (κ2) is 9.66. The molecule has 39 heavy (non-hydrogen) atoms. The summed E-state index contributed by atoms with van der Waals surface area (Å²) in [5, 5.41) is 12.5. The molecule has 0 bridgehead atoms. The van der Waals surface area contributed by atoms with Crippen LogP contribution in [0.2, 0.25) is 0 Å². The van der Waals surface area contributed by atoms with Gasteiger partial charge in [0.15, 0.2) is 11.6 Å². The first-order valence-electron chi connectivity index (χ1n) is 12.8. The minimum absolute atomic E-state index is 0.00134. The van der Waals surface area contributed by atoms with Crippen molar-refractivity contribution in [3.8, 4) is 33.2 Å². The molecular formula is C28H23FN8OS. The highest BCUT2D eigenvalue weighted by Crippen LogP contribution is 2.35. The number of carbonyl (C=O) groups is 1. The zero-order chi connectivity index (χ0) is 26.3. The molecule has 0 radical (unpaired) electrons. The molecule has 0 aliphatic heterocycles. The SMILES string of the molecule is O=C(Nc1cncc(-c2ncc3[nH]nc(-c4nc5c(-c6cccs6)cncc5[nH]4)c3c2F)c1)C1CCCCC1. The summed E-state index contributed by atoms with van der Waals surface area (Å²) in [7, 11) is 0. The molecule has 0 atom stereocenters. The third-order valence-electron chi connectivity index (χ3n) is 7.20. The van der Waals surface area contributed by atoms with Crippen molar-refractivity contribution in [3.05, 3.63) is 60.4 Å². The Hall–Kier alpha value is -4.51. The molecule has 0 unspecified atom stereocenters. The van der Waals surface area contributed by atoms with E-state index in [1.165, 1.54) is 12.6 Å². The number of fused-ring (bicyclic) bond motifs is 2. The van der Waals surface area contributed by atoms with Gasteiger partial charge in [-0.1, -0.05) is 25.3 Å². The van der Waals surface area contributed by atoms with Crippen LogP contribution in [0.15, 0.2) is 54.6 Å².